The Morgan fingerprint density at radius 3 is 2.78 bits per heavy atom. The molecule has 4 nitrogen and oxygen atoms in total. The maximum Gasteiger partial charge on any atom is 0.347 e. The zero-order chi connectivity index (χ0) is 12.9. The minimum Gasteiger partial charge on any atom is -0.480 e. The topological polar surface area (TPSA) is 52.6 Å². The van der Waals surface area contributed by atoms with E-state index in [1.807, 2.05) is 6.92 Å². The van der Waals surface area contributed by atoms with Gasteiger partial charge in [-0.05, 0) is 19.9 Å². The van der Waals surface area contributed by atoms with E-state index in [0.717, 1.165) is 11.1 Å². The van der Waals surface area contributed by atoms with Crippen molar-refractivity contribution >= 4 is 5.57 Å². The number of hydrogen-bond acceptors (Lipinski definition) is 4. The van der Waals surface area contributed by atoms with Crippen molar-refractivity contribution in [2.45, 2.75) is 20.0 Å². The van der Waals surface area contributed by atoms with Crippen LogP contribution in [-0.2, 0) is 0 Å². The van der Waals surface area contributed by atoms with Gasteiger partial charge in [0.05, 0.1) is 12.5 Å². The molecule has 1 unspecified atom stereocenters. The summed E-state index contributed by atoms with van der Waals surface area (Å²) < 4.78 is 16.0. The predicted octanol–water partition coefficient (Wildman–Crippen LogP) is 3.00. The lowest BCUT2D eigenvalue weighted by molar-refractivity contribution is 0.277. The van der Waals surface area contributed by atoms with Crippen LogP contribution in [-0.4, -0.2) is 0 Å². The molecule has 0 radical (unpaired) electrons. The highest BCUT2D eigenvalue weighted by molar-refractivity contribution is 5.77. The molecule has 2 aromatic rings. The lowest BCUT2D eigenvalue weighted by Gasteiger charge is -2.09. The Hall–Kier alpha value is -2.23. The maximum atomic E-state index is 11.9. The van der Waals surface area contributed by atoms with Gasteiger partial charge >= 0.3 is 5.63 Å². The summed E-state index contributed by atoms with van der Waals surface area (Å²) in [6.45, 7) is 7.55. The zero-order valence-electron chi connectivity index (χ0n) is 10.1. The van der Waals surface area contributed by atoms with E-state index < -0.39 is 5.63 Å². The predicted molar refractivity (Wildman–Crippen MR) is 65.6 cm³/mol. The first-order valence-corrected chi connectivity index (χ1v) is 5.62. The molecule has 18 heavy (non-hydrogen) atoms. The lowest BCUT2D eigenvalue weighted by atomic mass is 10.0. The van der Waals surface area contributed by atoms with Gasteiger partial charge in [0.15, 0.2) is 6.10 Å². The Bertz CT molecular complexity index is 677. The standard InChI is InChI=1S/C14H12O4/c1-7-9(3)17-14(15)11-8(2)12(18-13(7)11)10-4-5-16-6-10/h4-6,12H,2H2,1,3H3. The van der Waals surface area contributed by atoms with Crippen LogP contribution in [0.1, 0.15) is 28.6 Å². The molecule has 1 aliphatic rings. The molecule has 4 heteroatoms. The first-order chi connectivity index (χ1) is 8.59. The van der Waals surface area contributed by atoms with E-state index in [0.29, 0.717) is 22.6 Å². The van der Waals surface area contributed by atoms with Crippen LogP contribution in [0.2, 0.25) is 0 Å². The highest BCUT2D eigenvalue weighted by atomic mass is 16.5. The Labute approximate surface area is 103 Å². The summed E-state index contributed by atoms with van der Waals surface area (Å²) in [4.78, 5) is 11.9. The van der Waals surface area contributed by atoms with E-state index in [-0.39, 0.29) is 6.10 Å². The summed E-state index contributed by atoms with van der Waals surface area (Å²) in [5, 5.41) is 0. The second kappa shape index (κ2) is 3.63. The molecule has 1 atom stereocenters. The summed E-state index contributed by atoms with van der Waals surface area (Å²) in [6.07, 6.45) is 2.78. The number of aryl methyl sites for hydroxylation is 1. The van der Waals surface area contributed by atoms with Crippen LogP contribution < -0.4 is 10.4 Å². The number of rotatable bonds is 1. The Morgan fingerprint density at radius 2 is 2.11 bits per heavy atom. The summed E-state index contributed by atoms with van der Waals surface area (Å²) in [7, 11) is 0. The van der Waals surface area contributed by atoms with E-state index >= 15 is 0 Å². The van der Waals surface area contributed by atoms with Crippen LogP contribution in [0.25, 0.3) is 5.57 Å². The van der Waals surface area contributed by atoms with Crippen molar-refractivity contribution in [2.75, 3.05) is 0 Å². The summed E-state index contributed by atoms with van der Waals surface area (Å²) in [5.74, 6) is 1.14. The molecular formula is C14H12O4. The average molecular weight is 244 g/mol. The summed E-state index contributed by atoms with van der Waals surface area (Å²) >= 11 is 0. The third-order valence-electron chi connectivity index (χ3n) is 3.26. The van der Waals surface area contributed by atoms with Crippen molar-refractivity contribution in [1.29, 1.82) is 0 Å². The van der Waals surface area contributed by atoms with Crippen molar-refractivity contribution in [2.24, 2.45) is 0 Å². The summed E-state index contributed by atoms with van der Waals surface area (Å²) in [5.41, 5.74) is 2.32. The van der Waals surface area contributed by atoms with Gasteiger partial charge in [0.1, 0.15) is 17.1 Å². The maximum absolute atomic E-state index is 11.9. The Morgan fingerprint density at radius 1 is 1.33 bits per heavy atom. The molecule has 0 amide bonds. The molecule has 0 fully saturated rings. The SMILES string of the molecule is C=C1c2c(c(C)c(C)oc2=O)OC1c1ccoc1. The van der Waals surface area contributed by atoms with Gasteiger partial charge in [0.2, 0.25) is 0 Å². The molecule has 2 aromatic heterocycles. The van der Waals surface area contributed by atoms with Gasteiger partial charge in [-0.15, -0.1) is 0 Å². The molecule has 0 N–H and O–H groups in total. The van der Waals surface area contributed by atoms with E-state index in [4.69, 9.17) is 13.6 Å². The van der Waals surface area contributed by atoms with E-state index in [9.17, 15) is 4.79 Å². The Balaban J connectivity index is 2.18. The molecule has 3 rings (SSSR count). The number of furan rings is 1. The minimum atomic E-state index is -0.399. The van der Waals surface area contributed by atoms with Gasteiger partial charge in [-0.3, -0.25) is 0 Å². The van der Waals surface area contributed by atoms with Crippen LogP contribution in [0.15, 0.2) is 38.8 Å². The van der Waals surface area contributed by atoms with Crippen molar-refractivity contribution in [1.82, 2.24) is 0 Å². The highest BCUT2D eigenvalue weighted by Gasteiger charge is 2.34. The van der Waals surface area contributed by atoms with Crippen molar-refractivity contribution in [3.63, 3.8) is 0 Å². The van der Waals surface area contributed by atoms with E-state index in [2.05, 4.69) is 6.58 Å². The fraction of sp³-hybridized carbons (Fsp3) is 0.214. The van der Waals surface area contributed by atoms with Gasteiger partial charge in [0.25, 0.3) is 0 Å². The molecule has 0 aromatic carbocycles. The fourth-order valence-electron chi connectivity index (χ4n) is 2.14. The molecule has 92 valence electrons. The number of ether oxygens (including phenoxy) is 1. The van der Waals surface area contributed by atoms with Gasteiger partial charge in [0, 0.05) is 16.7 Å². The van der Waals surface area contributed by atoms with Crippen LogP contribution >= 0.6 is 0 Å². The first-order valence-electron chi connectivity index (χ1n) is 5.62. The molecule has 0 saturated heterocycles. The van der Waals surface area contributed by atoms with Crippen LogP contribution in [0.4, 0.5) is 0 Å². The third kappa shape index (κ3) is 1.35. The van der Waals surface area contributed by atoms with Gasteiger partial charge < -0.3 is 13.6 Å². The number of hydrogen-bond donors (Lipinski definition) is 0. The zero-order valence-corrected chi connectivity index (χ0v) is 10.1. The lowest BCUT2D eigenvalue weighted by Crippen LogP contribution is -2.06. The molecule has 0 bridgehead atoms. The second-order valence-corrected chi connectivity index (χ2v) is 4.35. The van der Waals surface area contributed by atoms with Crippen LogP contribution in [0, 0.1) is 13.8 Å². The molecule has 0 spiro atoms. The highest BCUT2D eigenvalue weighted by Crippen LogP contribution is 2.44. The molecule has 0 saturated carbocycles. The fourth-order valence-corrected chi connectivity index (χ4v) is 2.14. The van der Waals surface area contributed by atoms with Crippen LogP contribution in [0.5, 0.6) is 5.75 Å². The molecule has 1 aliphatic heterocycles. The van der Waals surface area contributed by atoms with Crippen LogP contribution in [0.3, 0.4) is 0 Å². The molecule has 0 aliphatic carbocycles. The molecule has 3 heterocycles. The van der Waals surface area contributed by atoms with E-state index in [1.165, 1.54) is 0 Å². The smallest absolute Gasteiger partial charge is 0.347 e. The van der Waals surface area contributed by atoms with E-state index in [1.54, 1.807) is 25.5 Å². The third-order valence-corrected chi connectivity index (χ3v) is 3.26. The quantitative estimate of drug-likeness (QED) is 0.773. The van der Waals surface area contributed by atoms with Crippen molar-refractivity contribution in [3.8, 4) is 5.75 Å². The van der Waals surface area contributed by atoms with Crippen molar-refractivity contribution in [3.05, 3.63) is 58.0 Å². The average Bonchev–Trinajstić information content (AvgIpc) is 2.93. The first kappa shape index (κ1) is 10.9. The Kier molecular flexibility index (Phi) is 2.20. The minimum absolute atomic E-state index is 0.373. The van der Waals surface area contributed by atoms with Gasteiger partial charge in [-0.2, -0.15) is 0 Å². The normalized spacial score (nSPS) is 17.7. The van der Waals surface area contributed by atoms with Gasteiger partial charge in [-0.1, -0.05) is 6.58 Å². The monoisotopic (exact) mass is 244 g/mol. The van der Waals surface area contributed by atoms with Gasteiger partial charge in [-0.25, -0.2) is 4.79 Å². The number of fused-ring (bicyclic) bond motifs is 1. The summed E-state index contributed by atoms with van der Waals surface area (Å²) in [6, 6.07) is 1.80. The van der Waals surface area contributed by atoms with Crippen molar-refractivity contribution < 1.29 is 13.6 Å². The largest absolute Gasteiger partial charge is 0.480 e. The molecular weight excluding hydrogens is 232 g/mol. The second-order valence-electron chi connectivity index (χ2n) is 4.35.